The molecule has 2 aromatic carbocycles. The average Bonchev–Trinajstić information content (AvgIpc) is 2.61. The fourth-order valence-electron chi connectivity index (χ4n) is 2.45. The van der Waals surface area contributed by atoms with Gasteiger partial charge < -0.3 is 4.74 Å². The Morgan fingerprint density at radius 3 is 2.71 bits per heavy atom. The monoisotopic (exact) mass is 319 g/mol. The van der Waals surface area contributed by atoms with Gasteiger partial charge in [-0.15, -0.1) is 0 Å². The summed E-state index contributed by atoms with van der Waals surface area (Å²) in [7, 11) is 0. The van der Waals surface area contributed by atoms with Gasteiger partial charge in [0.25, 0.3) is 0 Å². The summed E-state index contributed by atoms with van der Waals surface area (Å²) in [6.07, 6.45) is 2.81. The van der Waals surface area contributed by atoms with Gasteiger partial charge in [0, 0.05) is 11.1 Å². The SMILES string of the molecule is CCCOc1ccc(/C=N/Nc2cc(C)nc3ccccc23)cc1. The van der Waals surface area contributed by atoms with Crippen molar-refractivity contribution < 1.29 is 4.74 Å². The molecule has 0 unspecified atom stereocenters. The fourth-order valence-corrected chi connectivity index (χ4v) is 2.45. The summed E-state index contributed by atoms with van der Waals surface area (Å²) in [5.41, 5.74) is 7.02. The van der Waals surface area contributed by atoms with Crippen LogP contribution in [0.2, 0.25) is 0 Å². The Morgan fingerprint density at radius 2 is 1.92 bits per heavy atom. The number of fused-ring (bicyclic) bond motifs is 1. The summed E-state index contributed by atoms with van der Waals surface area (Å²) < 4.78 is 5.58. The summed E-state index contributed by atoms with van der Waals surface area (Å²) in [5, 5.41) is 5.41. The zero-order valence-corrected chi connectivity index (χ0v) is 14.0. The molecule has 4 heteroatoms. The Bertz CT molecular complexity index is 841. The van der Waals surface area contributed by atoms with Crippen molar-refractivity contribution in [1.82, 2.24) is 4.98 Å². The summed E-state index contributed by atoms with van der Waals surface area (Å²) in [6, 6.07) is 17.9. The molecule has 3 aromatic rings. The fraction of sp³-hybridized carbons (Fsp3) is 0.200. The third kappa shape index (κ3) is 3.90. The molecule has 1 aromatic heterocycles. The standard InChI is InChI=1S/C20H21N3O/c1-3-12-24-17-10-8-16(9-11-17)14-21-23-20-13-15(2)22-19-7-5-4-6-18(19)20/h4-11,13-14H,3,12H2,1-2H3,(H,22,23)/b21-14+. The molecule has 0 amide bonds. The van der Waals surface area contributed by atoms with Crippen LogP contribution in [0.4, 0.5) is 5.69 Å². The van der Waals surface area contributed by atoms with Crippen LogP contribution in [0.3, 0.4) is 0 Å². The van der Waals surface area contributed by atoms with E-state index in [2.05, 4.69) is 22.4 Å². The third-order valence-electron chi connectivity index (χ3n) is 3.60. The largest absolute Gasteiger partial charge is 0.494 e. The molecule has 4 nitrogen and oxygen atoms in total. The van der Waals surface area contributed by atoms with Crippen molar-refractivity contribution in [2.75, 3.05) is 12.0 Å². The Kier molecular flexibility index (Phi) is 5.06. The normalized spacial score (nSPS) is 11.1. The van der Waals surface area contributed by atoms with Gasteiger partial charge in [-0.2, -0.15) is 5.10 Å². The number of ether oxygens (including phenoxy) is 1. The van der Waals surface area contributed by atoms with Gasteiger partial charge in [0.2, 0.25) is 0 Å². The number of aryl methyl sites for hydroxylation is 1. The minimum Gasteiger partial charge on any atom is -0.494 e. The number of para-hydroxylation sites is 1. The van der Waals surface area contributed by atoms with Crippen LogP contribution in [-0.2, 0) is 0 Å². The van der Waals surface area contributed by atoms with Crippen molar-refractivity contribution in [2.45, 2.75) is 20.3 Å². The van der Waals surface area contributed by atoms with Crippen molar-refractivity contribution >= 4 is 22.8 Å². The molecule has 0 atom stereocenters. The lowest BCUT2D eigenvalue weighted by molar-refractivity contribution is 0.317. The van der Waals surface area contributed by atoms with E-state index < -0.39 is 0 Å². The van der Waals surface area contributed by atoms with Crippen molar-refractivity contribution in [3.63, 3.8) is 0 Å². The molecule has 1 N–H and O–H groups in total. The molecule has 1 heterocycles. The zero-order chi connectivity index (χ0) is 16.8. The van der Waals surface area contributed by atoms with Gasteiger partial charge in [-0.1, -0.05) is 25.1 Å². The second-order valence-electron chi connectivity index (χ2n) is 5.62. The molecule has 0 aliphatic heterocycles. The highest BCUT2D eigenvalue weighted by molar-refractivity contribution is 5.92. The van der Waals surface area contributed by atoms with E-state index in [1.807, 2.05) is 61.5 Å². The number of nitrogens with one attached hydrogen (secondary N) is 1. The van der Waals surface area contributed by atoms with Gasteiger partial charge in [-0.05, 0) is 55.3 Å². The zero-order valence-electron chi connectivity index (χ0n) is 14.0. The molecular formula is C20H21N3O. The van der Waals surface area contributed by atoms with E-state index in [-0.39, 0.29) is 0 Å². The first-order chi connectivity index (χ1) is 11.8. The average molecular weight is 319 g/mol. The second-order valence-corrected chi connectivity index (χ2v) is 5.62. The van der Waals surface area contributed by atoms with E-state index in [1.54, 1.807) is 6.21 Å². The van der Waals surface area contributed by atoms with Crippen LogP contribution < -0.4 is 10.2 Å². The Morgan fingerprint density at radius 1 is 1.12 bits per heavy atom. The number of hydrazone groups is 1. The van der Waals surface area contributed by atoms with Gasteiger partial charge in [-0.25, -0.2) is 0 Å². The maximum atomic E-state index is 5.58. The van der Waals surface area contributed by atoms with Crippen LogP contribution >= 0.6 is 0 Å². The molecule has 0 aliphatic rings. The molecule has 0 saturated carbocycles. The topological polar surface area (TPSA) is 46.5 Å². The minimum atomic E-state index is 0.740. The second kappa shape index (κ2) is 7.59. The molecule has 0 bridgehead atoms. The van der Waals surface area contributed by atoms with Crippen LogP contribution in [0.5, 0.6) is 5.75 Å². The highest BCUT2D eigenvalue weighted by atomic mass is 16.5. The van der Waals surface area contributed by atoms with Crippen LogP contribution in [0.15, 0.2) is 59.7 Å². The molecule has 24 heavy (non-hydrogen) atoms. The van der Waals surface area contributed by atoms with Crippen LogP contribution in [0, 0.1) is 6.92 Å². The van der Waals surface area contributed by atoms with Crippen LogP contribution in [0.25, 0.3) is 10.9 Å². The van der Waals surface area contributed by atoms with Crippen LogP contribution in [-0.4, -0.2) is 17.8 Å². The molecule has 0 fully saturated rings. The number of rotatable bonds is 6. The first-order valence-electron chi connectivity index (χ1n) is 8.14. The highest BCUT2D eigenvalue weighted by Crippen LogP contribution is 2.22. The van der Waals surface area contributed by atoms with E-state index in [1.165, 1.54) is 0 Å². The van der Waals surface area contributed by atoms with E-state index in [4.69, 9.17) is 4.74 Å². The number of hydrogen-bond donors (Lipinski definition) is 1. The maximum Gasteiger partial charge on any atom is 0.119 e. The lowest BCUT2D eigenvalue weighted by atomic mass is 10.1. The smallest absolute Gasteiger partial charge is 0.119 e. The number of pyridine rings is 1. The molecule has 3 rings (SSSR count). The molecular weight excluding hydrogens is 298 g/mol. The predicted octanol–water partition coefficient (Wildman–Crippen LogP) is 4.78. The number of hydrogen-bond acceptors (Lipinski definition) is 4. The predicted molar refractivity (Wildman–Crippen MR) is 99.9 cm³/mol. The van der Waals surface area contributed by atoms with Gasteiger partial charge in [0.15, 0.2) is 0 Å². The van der Waals surface area contributed by atoms with Gasteiger partial charge >= 0.3 is 0 Å². The van der Waals surface area contributed by atoms with Crippen molar-refractivity contribution in [3.8, 4) is 5.75 Å². The van der Waals surface area contributed by atoms with Gasteiger partial charge in [0.05, 0.1) is 24.0 Å². The van der Waals surface area contributed by atoms with Crippen molar-refractivity contribution in [3.05, 3.63) is 65.9 Å². The lowest BCUT2D eigenvalue weighted by Crippen LogP contribution is -1.96. The number of aromatic nitrogens is 1. The van der Waals surface area contributed by atoms with Gasteiger partial charge in [-0.3, -0.25) is 10.4 Å². The molecule has 0 radical (unpaired) electrons. The summed E-state index contributed by atoms with van der Waals surface area (Å²) >= 11 is 0. The van der Waals surface area contributed by atoms with Crippen LogP contribution in [0.1, 0.15) is 24.6 Å². The quantitative estimate of drug-likeness (QED) is 0.525. The van der Waals surface area contributed by atoms with Crippen molar-refractivity contribution in [2.24, 2.45) is 5.10 Å². The maximum absolute atomic E-state index is 5.58. The summed E-state index contributed by atoms with van der Waals surface area (Å²) in [4.78, 5) is 4.53. The summed E-state index contributed by atoms with van der Waals surface area (Å²) in [5.74, 6) is 0.887. The first kappa shape index (κ1) is 16.0. The minimum absolute atomic E-state index is 0.740. The third-order valence-corrected chi connectivity index (χ3v) is 3.60. The van der Waals surface area contributed by atoms with Crippen molar-refractivity contribution in [1.29, 1.82) is 0 Å². The highest BCUT2D eigenvalue weighted by Gasteiger charge is 2.02. The van der Waals surface area contributed by atoms with E-state index in [9.17, 15) is 0 Å². The molecule has 122 valence electrons. The lowest BCUT2D eigenvalue weighted by Gasteiger charge is -2.07. The number of anilines is 1. The number of benzene rings is 2. The van der Waals surface area contributed by atoms with E-state index in [0.717, 1.165) is 46.6 Å². The molecule has 0 saturated heterocycles. The van der Waals surface area contributed by atoms with E-state index >= 15 is 0 Å². The Hall–Kier alpha value is -2.88. The Labute approximate surface area is 142 Å². The number of nitrogens with zero attached hydrogens (tertiary/aromatic N) is 2. The van der Waals surface area contributed by atoms with Gasteiger partial charge in [0.1, 0.15) is 5.75 Å². The van der Waals surface area contributed by atoms with E-state index in [0.29, 0.717) is 0 Å². The summed E-state index contributed by atoms with van der Waals surface area (Å²) in [6.45, 7) is 4.82. The first-order valence-corrected chi connectivity index (χ1v) is 8.14. The molecule has 0 spiro atoms. The molecule has 0 aliphatic carbocycles. The Balaban J connectivity index is 1.72.